The molecular weight excluding hydrogens is 307 g/mol. The van der Waals surface area contributed by atoms with Gasteiger partial charge in [-0.1, -0.05) is 0 Å². The van der Waals surface area contributed by atoms with Crippen LogP contribution in [0.5, 0.6) is 0 Å². The van der Waals surface area contributed by atoms with Crippen molar-refractivity contribution in [2.24, 2.45) is 0 Å². The van der Waals surface area contributed by atoms with Gasteiger partial charge in [0.15, 0.2) is 0 Å². The van der Waals surface area contributed by atoms with E-state index in [1.807, 2.05) is 0 Å². The van der Waals surface area contributed by atoms with Gasteiger partial charge in [-0.15, -0.1) is 5.10 Å². The summed E-state index contributed by atoms with van der Waals surface area (Å²) in [5.41, 5.74) is -0.136. The molecular formula is C11H8F3N5OS. The van der Waals surface area contributed by atoms with Gasteiger partial charge in [0.05, 0.1) is 10.9 Å². The Morgan fingerprint density at radius 2 is 2.10 bits per heavy atom. The fraction of sp³-hybridized carbons (Fsp3) is 0.273. The first-order valence-corrected chi connectivity index (χ1v) is 6.48. The van der Waals surface area contributed by atoms with Crippen LogP contribution >= 0.6 is 12.6 Å². The fourth-order valence-electron chi connectivity index (χ4n) is 1.96. The molecule has 0 amide bonds. The van der Waals surface area contributed by atoms with Gasteiger partial charge >= 0.3 is 6.18 Å². The molecule has 0 aliphatic carbocycles. The zero-order valence-electron chi connectivity index (χ0n) is 10.4. The molecule has 0 fully saturated rings. The minimum atomic E-state index is -4.67. The molecule has 0 aliphatic rings. The van der Waals surface area contributed by atoms with Crippen molar-refractivity contribution < 1.29 is 13.2 Å². The highest BCUT2D eigenvalue weighted by molar-refractivity contribution is 7.80. The second-order valence-electron chi connectivity index (χ2n) is 4.24. The second kappa shape index (κ2) is 4.72. The topological polar surface area (TPSA) is 65.1 Å². The summed E-state index contributed by atoms with van der Waals surface area (Å²) in [7, 11) is 0. The Hall–Kier alpha value is -2.10. The fourth-order valence-corrected chi connectivity index (χ4v) is 2.18. The van der Waals surface area contributed by atoms with Gasteiger partial charge < -0.3 is 4.57 Å². The van der Waals surface area contributed by atoms with E-state index >= 15 is 0 Å². The highest BCUT2D eigenvalue weighted by Crippen LogP contribution is 2.26. The molecule has 0 aliphatic heterocycles. The summed E-state index contributed by atoms with van der Waals surface area (Å²) in [5, 5.41) is 3.56. The summed E-state index contributed by atoms with van der Waals surface area (Å²) in [4.78, 5) is 19.3. The van der Waals surface area contributed by atoms with Gasteiger partial charge in [-0.05, 0) is 6.07 Å². The van der Waals surface area contributed by atoms with Crippen molar-refractivity contribution in [3.63, 3.8) is 0 Å². The summed E-state index contributed by atoms with van der Waals surface area (Å²) in [6.07, 6.45) is -1.98. The number of halogens is 3. The first-order valence-electron chi connectivity index (χ1n) is 5.85. The third kappa shape index (κ3) is 2.24. The maximum atomic E-state index is 12.6. The van der Waals surface area contributed by atoms with Gasteiger partial charge in [0.2, 0.25) is 0 Å². The Morgan fingerprint density at radius 3 is 2.76 bits per heavy atom. The molecule has 0 saturated carbocycles. The first-order chi connectivity index (χ1) is 9.91. The van der Waals surface area contributed by atoms with E-state index in [-0.39, 0.29) is 22.2 Å². The predicted molar refractivity (Wildman–Crippen MR) is 71.4 cm³/mol. The molecule has 0 N–H and O–H groups in total. The molecule has 110 valence electrons. The number of thiol groups is 1. The van der Waals surface area contributed by atoms with Gasteiger partial charge in [-0.3, -0.25) is 4.79 Å². The quantitative estimate of drug-likeness (QED) is 0.726. The van der Waals surface area contributed by atoms with E-state index < -0.39 is 12.0 Å². The Kier molecular flexibility index (Phi) is 3.12. The van der Waals surface area contributed by atoms with Crippen molar-refractivity contribution in [1.82, 2.24) is 24.1 Å². The van der Waals surface area contributed by atoms with Crippen molar-refractivity contribution in [2.75, 3.05) is 5.75 Å². The molecule has 0 aromatic carbocycles. The zero-order chi connectivity index (χ0) is 15.2. The molecule has 3 aromatic heterocycles. The lowest BCUT2D eigenvalue weighted by atomic mass is 10.3. The number of nitrogens with zero attached hydrogens (tertiary/aromatic N) is 5. The normalized spacial score (nSPS) is 12.4. The molecule has 0 atom stereocenters. The smallest absolute Gasteiger partial charge is 0.314 e. The van der Waals surface area contributed by atoms with E-state index in [1.165, 1.54) is 23.0 Å². The van der Waals surface area contributed by atoms with Crippen LogP contribution in [0.1, 0.15) is 5.82 Å². The Bertz CT molecular complexity index is 885. The number of aryl methyl sites for hydroxylation is 1. The first kappa shape index (κ1) is 13.9. The highest BCUT2D eigenvalue weighted by Gasteiger charge is 2.36. The van der Waals surface area contributed by atoms with E-state index in [2.05, 4.69) is 27.7 Å². The van der Waals surface area contributed by atoms with E-state index in [0.717, 1.165) is 4.52 Å². The maximum absolute atomic E-state index is 12.6. The molecule has 0 unspecified atom stereocenters. The SMILES string of the molecule is O=c1c2cnc3nc(C(F)(F)F)nn3c2ccn1CCS. The Morgan fingerprint density at radius 1 is 1.33 bits per heavy atom. The lowest BCUT2D eigenvalue weighted by Gasteiger charge is -2.05. The average Bonchev–Trinajstić information content (AvgIpc) is 2.86. The third-order valence-electron chi connectivity index (χ3n) is 2.90. The van der Waals surface area contributed by atoms with Crippen molar-refractivity contribution in [1.29, 1.82) is 0 Å². The Balaban J connectivity index is 2.31. The van der Waals surface area contributed by atoms with Gasteiger partial charge in [-0.2, -0.15) is 35.3 Å². The van der Waals surface area contributed by atoms with Crippen molar-refractivity contribution in [3.8, 4) is 0 Å². The van der Waals surface area contributed by atoms with Crippen LogP contribution in [0.2, 0.25) is 0 Å². The van der Waals surface area contributed by atoms with Gasteiger partial charge in [0.25, 0.3) is 17.2 Å². The number of pyridine rings is 1. The van der Waals surface area contributed by atoms with E-state index in [1.54, 1.807) is 0 Å². The largest absolute Gasteiger partial charge is 0.453 e. The lowest BCUT2D eigenvalue weighted by Crippen LogP contribution is -2.21. The summed E-state index contributed by atoms with van der Waals surface area (Å²) in [6.45, 7) is 0.390. The standard InChI is InChI=1S/C11H8F3N5OS/c12-11(13,14)9-16-10-15-5-6-7(19(10)17-9)1-2-18(3-4-21)8(6)20/h1-2,5,21H,3-4H2. The number of aromatic nitrogens is 5. The van der Waals surface area contributed by atoms with Crippen molar-refractivity contribution >= 4 is 29.3 Å². The van der Waals surface area contributed by atoms with Gasteiger partial charge in [-0.25, -0.2) is 4.98 Å². The van der Waals surface area contributed by atoms with E-state index in [4.69, 9.17) is 0 Å². The summed E-state index contributed by atoms with van der Waals surface area (Å²) < 4.78 is 40.2. The molecule has 3 aromatic rings. The van der Waals surface area contributed by atoms with Crippen LogP contribution in [0.25, 0.3) is 16.7 Å². The third-order valence-corrected chi connectivity index (χ3v) is 3.10. The maximum Gasteiger partial charge on any atom is 0.453 e. The summed E-state index contributed by atoms with van der Waals surface area (Å²) in [5.74, 6) is -1.04. The van der Waals surface area contributed by atoms with E-state index in [9.17, 15) is 18.0 Å². The van der Waals surface area contributed by atoms with E-state index in [0.29, 0.717) is 12.3 Å². The molecule has 21 heavy (non-hydrogen) atoms. The van der Waals surface area contributed by atoms with Crippen LogP contribution in [0.3, 0.4) is 0 Å². The van der Waals surface area contributed by atoms with Crippen molar-refractivity contribution in [2.45, 2.75) is 12.7 Å². The van der Waals surface area contributed by atoms with Crippen LogP contribution in [-0.4, -0.2) is 29.9 Å². The van der Waals surface area contributed by atoms with Crippen molar-refractivity contribution in [3.05, 3.63) is 34.6 Å². The van der Waals surface area contributed by atoms with Crippen LogP contribution < -0.4 is 5.56 Å². The predicted octanol–water partition coefficient (Wildman–Crippen LogP) is 1.39. The minimum absolute atomic E-state index is 0.172. The zero-order valence-corrected chi connectivity index (χ0v) is 11.3. The van der Waals surface area contributed by atoms with Crippen LogP contribution in [0, 0.1) is 0 Å². The molecule has 10 heteroatoms. The molecule has 0 saturated heterocycles. The van der Waals surface area contributed by atoms with Gasteiger partial charge in [0, 0.05) is 24.7 Å². The van der Waals surface area contributed by atoms with Gasteiger partial charge in [0.1, 0.15) is 0 Å². The number of alkyl halides is 3. The number of hydrogen-bond donors (Lipinski definition) is 1. The number of rotatable bonds is 2. The molecule has 0 spiro atoms. The average molecular weight is 315 g/mol. The molecule has 6 nitrogen and oxygen atoms in total. The molecule has 0 radical (unpaired) electrons. The molecule has 3 heterocycles. The minimum Gasteiger partial charge on any atom is -0.314 e. The lowest BCUT2D eigenvalue weighted by molar-refractivity contribution is -0.144. The monoisotopic (exact) mass is 315 g/mol. The number of fused-ring (bicyclic) bond motifs is 3. The molecule has 0 bridgehead atoms. The number of hydrogen-bond acceptors (Lipinski definition) is 5. The Labute approximate surface area is 120 Å². The summed E-state index contributed by atoms with van der Waals surface area (Å²) >= 11 is 4.04. The highest BCUT2D eigenvalue weighted by atomic mass is 32.1. The van der Waals surface area contributed by atoms with Crippen LogP contribution in [-0.2, 0) is 12.7 Å². The molecule has 3 rings (SSSR count). The second-order valence-corrected chi connectivity index (χ2v) is 4.69. The van der Waals surface area contributed by atoms with Crippen LogP contribution in [0.4, 0.5) is 13.2 Å². The summed E-state index contributed by atoms with van der Waals surface area (Å²) in [6, 6.07) is 1.50. The van der Waals surface area contributed by atoms with Crippen LogP contribution in [0.15, 0.2) is 23.3 Å².